The minimum Gasteiger partial charge on any atom is -0.495 e. The van der Waals surface area contributed by atoms with Gasteiger partial charge in [0.05, 0.1) is 11.2 Å². The summed E-state index contributed by atoms with van der Waals surface area (Å²) in [6, 6.07) is 7.38. The largest absolute Gasteiger partial charge is 0.495 e. The molecule has 2 fully saturated rings. The third-order valence-corrected chi connectivity index (χ3v) is 9.30. The summed E-state index contributed by atoms with van der Waals surface area (Å²) >= 11 is 1.36. The Labute approximate surface area is 226 Å². The highest BCUT2D eigenvalue weighted by molar-refractivity contribution is 7.99. The summed E-state index contributed by atoms with van der Waals surface area (Å²) in [4.78, 5) is 20.1. The predicted octanol–water partition coefficient (Wildman–Crippen LogP) is 4.46. The van der Waals surface area contributed by atoms with E-state index in [0.717, 1.165) is 50.3 Å². The number of allylic oxidation sites excluding steroid dienone is 1. The maximum Gasteiger partial charge on any atom is 0.254 e. The van der Waals surface area contributed by atoms with Gasteiger partial charge in [-0.1, -0.05) is 0 Å². The summed E-state index contributed by atoms with van der Waals surface area (Å²) in [6.45, 7) is 1.64. The van der Waals surface area contributed by atoms with Gasteiger partial charge in [-0.15, -0.1) is 11.8 Å². The van der Waals surface area contributed by atoms with E-state index in [-0.39, 0.29) is 16.9 Å². The highest BCUT2D eigenvalue weighted by atomic mass is 32.2. The Kier molecular flexibility index (Phi) is 8.25. The number of primary sulfonamides is 1. The number of rotatable bonds is 9. The van der Waals surface area contributed by atoms with Crippen molar-refractivity contribution in [2.24, 2.45) is 11.1 Å². The fraction of sp³-hybridized carbons (Fsp3) is 0.481. The third kappa shape index (κ3) is 6.86. The Hall–Kier alpha value is -2.63. The Balaban J connectivity index is 1.16. The summed E-state index contributed by atoms with van der Waals surface area (Å²) in [5.41, 5.74) is 1.52. The first-order valence-corrected chi connectivity index (χ1v) is 15.5. The van der Waals surface area contributed by atoms with Gasteiger partial charge in [-0.2, -0.15) is 0 Å². The van der Waals surface area contributed by atoms with E-state index < -0.39 is 15.8 Å². The zero-order chi connectivity index (χ0) is 26.7. The number of halogens is 1. The van der Waals surface area contributed by atoms with E-state index in [4.69, 9.17) is 14.6 Å². The van der Waals surface area contributed by atoms with Crippen LogP contribution in [0.3, 0.4) is 0 Å². The van der Waals surface area contributed by atoms with Crippen LogP contribution in [-0.4, -0.2) is 55.8 Å². The molecule has 1 aromatic carbocycles. The number of hydrogen-bond acceptors (Lipinski definition) is 7. The Morgan fingerprint density at radius 3 is 2.61 bits per heavy atom. The number of benzene rings is 1. The molecule has 3 aliphatic rings. The molecule has 1 saturated carbocycles. The average Bonchev–Trinajstić information content (AvgIpc) is 3.77. The lowest BCUT2D eigenvalue weighted by Gasteiger charge is -2.32. The summed E-state index contributed by atoms with van der Waals surface area (Å²) in [7, 11) is -3.94. The minimum absolute atomic E-state index is 0.0115. The first kappa shape index (κ1) is 27.0. The molecule has 1 unspecified atom stereocenters. The summed E-state index contributed by atoms with van der Waals surface area (Å²) in [6.07, 6.45) is 9.33. The molecular formula is C27H32FN3O5S2. The van der Waals surface area contributed by atoms with Gasteiger partial charge in [0.15, 0.2) is 0 Å². The summed E-state index contributed by atoms with van der Waals surface area (Å²) < 4.78 is 48.7. The van der Waals surface area contributed by atoms with Crippen LogP contribution in [0.2, 0.25) is 0 Å². The molecule has 8 nitrogen and oxygen atoms in total. The number of likely N-dealkylation sites (tertiary alicyclic amines) is 1. The first-order chi connectivity index (χ1) is 18.3. The van der Waals surface area contributed by atoms with Gasteiger partial charge in [-0.3, -0.25) is 4.79 Å². The second kappa shape index (κ2) is 11.6. The van der Waals surface area contributed by atoms with Gasteiger partial charge in [0.25, 0.3) is 5.91 Å². The Morgan fingerprint density at radius 1 is 1.16 bits per heavy atom. The number of amides is 1. The normalized spacial score (nSPS) is 20.3. The zero-order valence-electron chi connectivity index (χ0n) is 21.1. The van der Waals surface area contributed by atoms with E-state index in [1.54, 1.807) is 12.3 Å². The molecule has 1 atom stereocenters. The van der Waals surface area contributed by atoms with Crippen LogP contribution < -0.4 is 9.88 Å². The Morgan fingerprint density at radius 2 is 1.95 bits per heavy atom. The van der Waals surface area contributed by atoms with Crippen LogP contribution in [0.4, 0.5) is 4.39 Å². The monoisotopic (exact) mass is 561 g/mol. The number of carbonyl (C=O) groups excluding carboxylic acids is 1. The maximum absolute atomic E-state index is 14.4. The van der Waals surface area contributed by atoms with Crippen molar-refractivity contribution in [2.75, 3.05) is 25.4 Å². The number of hydrogen-bond donors (Lipinski definition) is 1. The Bertz CT molecular complexity index is 1310. The maximum atomic E-state index is 14.4. The smallest absolute Gasteiger partial charge is 0.254 e. The van der Waals surface area contributed by atoms with Gasteiger partial charge >= 0.3 is 0 Å². The van der Waals surface area contributed by atoms with Crippen LogP contribution in [-0.2, 0) is 14.8 Å². The molecule has 1 aliphatic carbocycles. The molecule has 0 radical (unpaired) electrons. The fourth-order valence-corrected chi connectivity index (χ4v) is 6.30. The van der Waals surface area contributed by atoms with Crippen LogP contribution in [0, 0.1) is 11.7 Å². The number of thioether (sulfide) groups is 1. The molecule has 2 aromatic rings. The van der Waals surface area contributed by atoms with E-state index >= 15 is 0 Å². The van der Waals surface area contributed by atoms with Crippen LogP contribution in [0.5, 0.6) is 5.88 Å². The number of sulfonamides is 1. The number of ether oxygens (including phenoxy) is 2. The number of nitrogens with zero attached hydrogens (tertiary/aromatic N) is 2. The van der Waals surface area contributed by atoms with Crippen molar-refractivity contribution >= 4 is 27.7 Å². The standard InChI is InChI=1S/C27H32FN3O5S2/c28-23-15-22(38(29,33)34)6-7-25(23)37-17-18-8-10-31(11-9-18)27(32)20-13-24(19-4-5-19)30-26(14-20)36-16-21-3-1-2-12-35-21/h2,6-7,12-15,18-19,21H,1,3-5,8-11,16-17H2,(H2,29,33,34). The number of carbonyl (C=O) groups is 1. The number of nitrogens with two attached hydrogens (primary N) is 1. The number of piperidine rings is 1. The van der Waals surface area contributed by atoms with Crippen LogP contribution in [0.25, 0.3) is 0 Å². The van der Waals surface area contributed by atoms with Gasteiger partial charge < -0.3 is 14.4 Å². The molecule has 5 rings (SSSR count). The SMILES string of the molecule is NS(=O)(=O)c1ccc(SCC2CCN(C(=O)c3cc(OCC4CCC=CO4)nc(C4CC4)c3)CC2)c(F)c1. The van der Waals surface area contributed by atoms with Crippen molar-refractivity contribution in [1.82, 2.24) is 9.88 Å². The summed E-state index contributed by atoms with van der Waals surface area (Å²) in [5, 5.41) is 5.08. The lowest BCUT2D eigenvalue weighted by Crippen LogP contribution is -2.39. The van der Waals surface area contributed by atoms with Crippen LogP contribution >= 0.6 is 11.8 Å². The quantitative estimate of drug-likeness (QED) is 0.450. The molecule has 11 heteroatoms. The molecule has 2 aliphatic heterocycles. The van der Waals surface area contributed by atoms with E-state index in [1.165, 1.54) is 23.9 Å². The third-order valence-electron chi connectivity index (χ3n) is 7.11. The zero-order valence-corrected chi connectivity index (χ0v) is 22.7. The van der Waals surface area contributed by atoms with Crippen LogP contribution in [0.15, 0.2) is 52.5 Å². The second-order valence-electron chi connectivity index (χ2n) is 10.1. The van der Waals surface area contributed by atoms with Crippen molar-refractivity contribution in [1.29, 1.82) is 0 Å². The molecule has 38 heavy (non-hydrogen) atoms. The molecule has 0 spiro atoms. The van der Waals surface area contributed by atoms with Gasteiger partial charge in [0.1, 0.15) is 18.5 Å². The average molecular weight is 562 g/mol. The van der Waals surface area contributed by atoms with Crippen molar-refractivity contribution in [2.45, 2.75) is 60.3 Å². The fourth-order valence-electron chi connectivity index (χ4n) is 4.67. The molecule has 204 valence electrons. The van der Waals surface area contributed by atoms with E-state index in [1.807, 2.05) is 17.0 Å². The van der Waals surface area contributed by atoms with Crippen molar-refractivity contribution in [3.63, 3.8) is 0 Å². The molecule has 3 heterocycles. The van der Waals surface area contributed by atoms with Crippen molar-refractivity contribution in [3.05, 3.63) is 59.7 Å². The molecule has 1 amide bonds. The van der Waals surface area contributed by atoms with E-state index in [0.29, 0.717) is 53.6 Å². The highest BCUT2D eigenvalue weighted by Crippen LogP contribution is 2.40. The van der Waals surface area contributed by atoms with Gasteiger partial charge in [-0.25, -0.2) is 22.9 Å². The van der Waals surface area contributed by atoms with Crippen molar-refractivity contribution < 1.29 is 27.1 Å². The van der Waals surface area contributed by atoms with Gasteiger partial charge in [0, 0.05) is 47.0 Å². The van der Waals surface area contributed by atoms with E-state index in [9.17, 15) is 17.6 Å². The second-order valence-corrected chi connectivity index (χ2v) is 12.7. The topological polar surface area (TPSA) is 112 Å². The van der Waals surface area contributed by atoms with Gasteiger partial charge in [0.2, 0.25) is 15.9 Å². The molecule has 0 bridgehead atoms. The lowest BCUT2D eigenvalue weighted by atomic mass is 9.98. The minimum atomic E-state index is -3.94. The molecule has 2 N–H and O–H groups in total. The molecule has 1 saturated heterocycles. The number of pyridine rings is 1. The van der Waals surface area contributed by atoms with Crippen LogP contribution in [0.1, 0.15) is 60.5 Å². The van der Waals surface area contributed by atoms with Gasteiger partial charge in [-0.05, 0) is 74.8 Å². The summed E-state index contributed by atoms with van der Waals surface area (Å²) in [5.74, 6) is 1.25. The predicted molar refractivity (Wildman–Crippen MR) is 142 cm³/mol. The van der Waals surface area contributed by atoms with E-state index in [2.05, 4.69) is 4.98 Å². The first-order valence-electron chi connectivity index (χ1n) is 13.0. The highest BCUT2D eigenvalue weighted by Gasteiger charge is 2.29. The molecular weight excluding hydrogens is 529 g/mol. The lowest BCUT2D eigenvalue weighted by molar-refractivity contribution is 0.0687. The molecule has 1 aromatic heterocycles. The number of aromatic nitrogens is 1. The van der Waals surface area contributed by atoms with Crippen molar-refractivity contribution in [3.8, 4) is 5.88 Å².